The van der Waals surface area contributed by atoms with Crippen LogP contribution in [0.25, 0.3) is 0 Å². The molecule has 1 saturated heterocycles. The van der Waals surface area contributed by atoms with Gasteiger partial charge in [0.1, 0.15) is 6.54 Å². The lowest BCUT2D eigenvalue weighted by molar-refractivity contribution is -0.121. The Kier molecular flexibility index (Phi) is 4.81. The molecule has 9 nitrogen and oxygen atoms in total. The van der Waals surface area contributed by atoms with Gasteiger partial charge in [0.2, 0.25) is 12.7 Å². The number of aryl methyl sites for hydroxylation is 2. The van der Waals surface area contributed by atoms with Gasteiger partial charge in [0.05, 0.1) is 12.2 Å². The van der Waals surface area contributed by atoms with Crippen molar-refractivity contribution in [3.05, 3.63) is 35.7 Å². The van der Waals surface area contributed by atoms with Gasteiger partial charge in [-0.25, -0.2) is 4.79 Å². The van der Waals surface area contributed by atoms with Crippen LogP contribution in [0.3, 0.4) is 0 Å². The fraction of sp³-hybridized carbons (Fsp3) is 0.421. The first-order valence-corrected chi connectivity index (χ1v) is 9.25. The predicted molar refractivity (Wildman–Crippen MR) is 102 cm³/mol. The van der Waals surface area contributed by atoms with E-state index < -0.39 is 0 Å². The molecule has 1 N–H and O–H groups in total. The summed E-state index contributed by atoms with van der Waals surface area (Å²) >= 11 is 0. The molecule has 0 unspecified atom stereocenters. The third-order valence-electron chi connectivity index (χ3n) is 4.85. The summed E-state index contributed by atoms with van der Waals surface area (Å²) in [5, 5.41) is 7.22. The maximum absolute atomic E-state index is 12.7. The Labute approximate surface area is 162 Å². The zero-order valence-corrected chi connectivity index (χ0v) is 16.0. The van der Waals surface area contributed by atoms with Gasteiger partial charge in [-0.05, 0) is 32.0 Å². The average molecular weight is 385 g/mol. The van der Waals surface area contributed by atoms with Gasteiger partial charge >= 0.3 is 6.03 Å². The van der Waals surface area contributed by atoms with Crippen molar-refractivity contribution in [1.82, 2.24) is 20.0 Å². The third-order valence-corrected chi connectivity index (χ3v) is 4.85. The summed E-state index contributed by atoms with van der Waals surface area (Å²) in [6, 6.07) is 7.21. The van der Waals surface area contributed by atoms with Crippen LogP contribution in [0, 0.1) is 13.8 Å². The quantitative estimate of drug-likeness (QED) is 0.809. The van der Waals surface area contributed by atoms with Gasteiger partial charge in [0.25, 0.3) is 0 Å². The first kappa shape index (κ1) is 18.1. The lowest BCUT2D eigenvalue weighted by Crippen LogP contribution is -2.40. The Morgan fingerprint density at radius 2 is 2.00 bits per heavy atom. The minimum absolute atomic E-state index is 0.0387. The maximum atomic E-state index is 12.7. The van der Waals surface area contributed by atoms with E-state index in [9.17, 15) is 9.59 Å². The second kappa shape index (κ2) is 7.41. The second-order valence-electron chi connectivity index (χ2n) is 6.89. The van der Waals surface area contributed by atoms with E-state index in [-0.39, 0.29) is 25.3 Å². The predicted octanol–water partition coefficient (Wildman–Crippen LogP) is 1.29. The highest BCUT2D eigenvalue weighted by molar-refractivity contribution is 5.96. The van der Waals surface area contributed by atoms with E-state index in [1.807, 2.05) is 30.7 Å². The van der Waals surface area contributed by atoms with Crippen molar-refractivity contribution in [2.24, 2.45) is 0 Å². The molecule has 3 amide bonds. The molecule has 1 fully saturated rings. The Morgan fingerprint density at radius 3 is 2.79 bits per heavy atom. The summed E-state index contributed by atoms with van der Waals surface area (Å²) in [5.74, 6) is 1.13. The molecule has 9 heteroatoms. The van der Waals surface area contributed by atoms with E-state index in [1.165, 1.54) is 0 Å². The molecular weight excluding hydrogens is 362 g/mol. The van der Waals surface area contributed by atoms with E-state index in [0.717, 1.165) is 17.1 Å². The maximum Gasteiger partial charge on any atom is 0.325 e. The molecule has 1 aromatic carbocycles. The molecule has 0 atom stereocenters. The van der Waals surface area contributed by atoms with Crippen molar-refractivity contribution in [2.75, 3.05) is 37.9 Å². The largest absolute Gasteiger partial charge is 0.454 e. The summed E-state index contributed by atoms with van der Waals surface area (Å²) in [4.78, 5) is 28.1. The molecule has 28 heavy (non-hydrogen) atoms. The number of nitrogens with zero attached hydrogens (tertiary/aromatic N) is 4. The van der Waals surface area contributed by atoms with Crippen LogP contribution in [0.1, 0.15) is 11.4 Å². The van der Waals surface area contributed by atoms with E-state index in [0.29, 0.717) is 37.7 Å². The number of anilines is 1. The highest BCUT2D eigenvalue weighted by Gasteiger charge is 2.31. The number of carbonyl (C=O) groups is 2. The number of amides is 3. The molecule has 0 aliphatic carbocycles. The van der Waals surface area contributed by atoms with Gasteiger partial charge in [-0.2, -0.15) is 5.10 Å². The molecule has 0 spiro atoms. The molecule has 0 radical (unpaired) electrons. The molecule has 148 valence electrons. The second-order valence-corrected chi connectivity index (χ2v) is 6.89. The van der Waals surface area contributed by atoms with Crippen molar-refractivity contribution in [2.45, 2.75) is 20.4 Å². The van der Waals surface area contributed by atoms with Gasteiger partial charge in [-0.1, -0.05) is 0 Å². The number of urea groups is 1. The van der Waals surface area contributed by atoms with Crippen LogP contribution in [-0.2, 0) is 11.3 Å². The number of hydrogen-bond donors (Lipinski definition) is 1. The van der Waals surface area contributed by atoms with E-state index in [1.54, 1.807) is 21.9 Å². The third kappa shape index (κ3) is 3.60. The molecule has 1 aromatic heterocycles. The molecule has 0 bridgehead atoms. The number of nitrogens with one attached hydrogen (secondary N) is 1. The van der Waals surface area contributed by atoms with Gasteiger partial charge in [-0.15, -0.1) is 0 Å². The number of hydrogen-bond acceptors (Lipinski definition) is 5. The van der Waals surface area contributed by atoms with Crippen molar-refractivity contribution >= 4 is 17.6 Å². The average Bonchev–Trinajstić information content (AvgIpc) is 3.35. The van der Waals surface area contributed by atoms with Crippen LogP contribution in [0.4, 0.5) is 10.5 Å². The molecule has 2 aliphatic heterocycles. The van der Waals surface area contributed by atoms with Gasteiger partial charge < -0.3 is 19.7 Å². The van der Waals surface area contributed by atoms with Crippen LogP contribution in [0.5, 0.6) is 11.5 Å². The van der Waals surface area contributed by atoms with E-state index in [2.05, 4.69) is 10.4 Å². The number of aromatic nitrogens is 2. The Bertz CT molecular complexity index is 910. The zero-order valence-electron chi connectivity index (χ0n) is 16.0. The highest BCUT2D eigenvalue weighted by Crippen LogP contribution is 2.36. The van der Waals surface area contributed by atoms with Crippen LogP contribution in [-0.4, -0.2) is 59.6 Å². The molecule has 4 rings (SSSR count). The minimum Gasteiger partial charge on any atom is -0.454 e. The molecule has 0 saturated carbocycles. The summed E-state index contributed by atoms with van der Waals surface area (Å²) in [6.45, 7) is 6.24. The minimum atomic E-state index is -0.187. The van der Waals surface area contributed by atoms with Crippen LogP contribution < -0.4 is 19.7 Å². The summed E-state index contributed by atoms with van der Waals surface area (Å²) in [7, 11) is 0. The normalized spacial score (nSPS) is 15.4. The SMILES string of the molecule is Cc1cc(C)n(CCNC(=O)CN2CCN(c3ccc4c(c3)OCO4)C2=O)n1. The van der Waals surface area contributed by atoms with Gasteiger partial charge in [0.15, 0.2) is 11.5 Å². The lowest BCUT2D eigenvalue weighted by Gasteiger charge is -2.18. The number of ether oxygens (including phenoxy) is 2. The Balaban J connectivity index is 1.29. The van der Waals surface area contributed by atoms with Gasteiger partial charge in [-0.3, -0.25) is 14.4 Å². The fourth-order valence-electron chi connectivity index (χ4n) is 3.45. The molecule has 2 aromatic rings. The topological polar surface area (TPSA) is 88.9 Å². The first-order chi connectivity index (χ1) is 13.5. The highest BCUT2D eigenvalue weighted by atomic mass is 16.7. The lowest BCUT2D eigenvalue weighted by atomic mass is 10.2. The van der Waals surface area contributed by atoms with E-state index in [4.69, 9.17) is 9.47 Å². The van der Waals surface area contributed by atoms with Crippen LogP contribution in [0.15, 0.2) is 24.3 Å². The molecule has 2 aliphatic rings. The first-order valence-electron chi connectivity index (χ1n) is 9.25. The van der Waals surface area contributed by atoms with Crippen LogP contribution in [0.2, 0.25) is 0 Å². The van der Waals surface area contributed by atoms with Crippen LogP contribution >= 0.6 is 0 Å². The monoisotopic (exact) mass is 385 g/mol. The fourth-order valence-corrected chi connectivity index (χ4v) is 3.45. The van der Waals surface area contributed by atoms with Crippen molar-refractivity contribution in [3.63, 3.8) is 0 Å². The zero-order chi connectivity index (χ0) is 19.7. The number of carbonyl (C=O) groups excluding carboxylic acids is 2. The standard InChI is InChI=1S/C19H23N5O4/c1-13-9-14(2)24(21-13)6-5-20-18(25)11-22-7-8-23(19(22)26)15-3-4-16-17(10-15)28-12-27-16/h3-4,9-10H,5-8,11-12H2,1-2H3,(H,20,25). The summed E-state index contributed by atoms with van der Waals surface area (Å²) in [5.41, 5.74) is 2.75. The number of fused-ring (bicyclic) bond motifs is 1. The Morgan fingerprint density at radius 1 is 1.18 bits per heavy atom. The number of rotatable bonds is 6. The smallest absolute Gasteiger partial charge is 0.325 e. The molecule has 3 heterocycles. The molecular formula is C19H23N5O4. The Hall–Kier alpha value is -3.23. The number of benzene rings is 1. The summed E-state index contributed by atoms with van der Waals surface area (Å²) < 4.78 is 12.5. The van der Waals surface area contributed by atoms with Crippen molar-refractivity contribution in [3.8, 4) is 11.5 Å². The van der Waals surface area contributed by atoms with E-state index >= 15 is 0 Å². The van der Waals surface area contributed by atoms with Crippen molar-refractivity contribution in [1.29, 1.82) is 0 Å². The van der Waals surface area contributed by atoms with Gasteiger partial charge in [0, 0.05) is 37.1 Å². The van der Waals surface area contributed by atoms with Crippen molar-refractivity contribution < 1.29 is 19.1 Å². The summed E-state index contributed by atoms with van der Waals surface area (Å²) in [6.07, 6.45) is 0.